The molecule has 0 aliphatic heterocycles. The number of hydrogen-bond acceptors (Lipinski definition) is 5. The van der Waals surface area contributed by atoms with Gasteiger partial charge in [-0.1, -0.05) is 18.2 Å². The summed E-state index contributed by atoms with van der Waals surface area (Å²) >= 11 is 0. The van der Waals surface area contributed by atoms with Crippen LogP contribution < -0.4 is 27.4 Å². The molecule has 2 aromatic rings. The Kier molecular flexibility index (Phi) is 6.89. The Balaban J connectivity index is 1.88. The second-order valence-corrected chi connectivity index (χ2v) is 5.84. The van der Waals surface area contributed by atoms with E-state index in [9.17, 15) is 19.2 Å². The van der Waals surface area contributed by atoms with Crippen LogP contribution in [0.15, 0.2) is 30.5 Å². The Morgan fingerprint density at radius 2 is 1.67 bits per heavy atom. The van der Waals surface area contributed by atoms with Crippen LogP contribution in [0.1, 0.15) is 5.56 Å². The summed E-state index contributed by atoms with van der Waals surface area (Å²) in [4.78, 5) is 49.3. The van der Waals surface area contributed by atoms with Gasteiger partial charge in [0, 0.05) is 23.5 Å². The molecule has 0 saturated heterocycles. The largest absolute Gasteiger partial charge is 0.368 e. The van der Waals surface area contributed by atoms with E-state index in [-0.39, 0.29) is 26.1 Å². The van der Waals surface area contributed by atoms with Crippen molar-refractivity contribution in [2.75, 3.05) is 19.6 Å². The predicted molar refractivity (Wildman–Crippen MR) is 98.2 cm³/mol. The summed E-state index contributed by atoms with van der Waals surface area (Å²) in [5.74, 6) is -2.30. The third-order valence-electron chi connectivity index (χ3n) is 3.86. The third-order valence-corrected chi connectivity index (χ3v) is 3.86. The minimum Gasteiger partial charge on any atom is -0.368 e. The number of para-hydroxylation sites is 1. The molecular formula is C17H22N6O4. The van der Waals surface area contributed by atoms with Crippen LogP contribution in [0.25, 0.3) is 10.9 Å². The van der Waals surface area contributed by atoms with Gasteiger partial charge in [0.25, 0.3) is 0 Å². The molecule has 0 aliphatic rings. The number of nitrogens with one attached hydrogen (secondary N) is 4. The molecule has 0 radical (unpaired) electrons. The first kappa shape index (κ1) is 19.9. The molecule has 1 aromatic carbocycles. The van der Waals surface area contributed by atoms with Crippen molar-refractivity contribution >= 4 is 34.5 Å². The van der Waals surface area contributed by atoms with Crippen molar-refractivity contribution in [3.63, 3.8) is 0 Å². The van der Waals surface area contributed by atoms with Crippen LogP contribution in [-0.4, -0.2) is 54.3 Å². The summed E-state index contributed by atoms with van der Waals surface area (Å²) < 4.78 is 0. The maximum Gasteiger partial charge on any atom is 0.240 e. The number of rotatable bonds is 9. The monoisotopic (exact) mass is 374 g/mol. The molecule has 4 amide bonds. The molecule has 1 aromatic heterocycles. The molecule has 2 rings (SSSR count). The van der Waals surface area contributed by atoms with Crippen molar-refractivity contribution in [1.29, 1.82) is 0 Å². The fourth-order valence-electron chi connectivity index (χ4n) is 2.48. The highest BCUT2D eigenvalue weighted by Crippen LogP contribution is 2.19. The summed E-state index contributed by atoms with van der Waals surface area (Å²) in [6.07, 6.45) is 1.97. The number of aromatic amines is 1. The van der Waals surface area contributed by atoms with Gasteiger partial charge in [-0.2, -0.15) is 0 Å². The van der Waals surface area contributed by atoms with Gasteiger partial charge in [0.15, 0.2) is 0 Å². The van der Waals surface area contributed by atoms with Gasteiger partial charge in [-0.05, 0) is 11.6 Å². The lowest BCUT2D eigenvalue weighted by molar-refractivity contribution is -0.129. The Morgan fingerprint density at radius 3 is 2.37 bits per heavy atom. The summed E-state index contributed by atoms with van der Waals surface area (Å²) in [5.41, 5.74) is 12.2. The number of H-pyrrole nitrogens is 1. The van der Waals surface area contributed by atoms with E-state index in [4.69, 9.17) is 11.5 Å². The highest BCUT2D eigenvalue weighted by Gasteiger charge is 2.20. The third kappa shape index (κ3) is 5.82. The van der Waals surface area contributed by atoms with E-state index < -0.39 is 29.7 Å². The number of primary amides is 1. The van der Waals surface area contributed by atoms with E-state index in [1.807, 2.05) is 24.3 Å². The highest BCUT2D eigenvalue weighted by atomic mass is 16.2. The van der Waals surface area contributed by atoms with Crippen LogP contribution >= 0.6 is 0 Å². The number of carbonyl (C=O) groups is 4. The standard InChI is InChI=1S/C17H22N6O4/c18-6-14(24)21-8-15(25)22-9-16(26)23-13(17(19)27)5-10-7-20-12-4-2-1-3-11(10)12/h1-4,7,13,20H,5-6,8-9,18H2,(H2,19,27)(H,21,24)(H,22,25)(H,23,26). The van der Waals surface area contributed by atoms with Crippen LogP contribution in [0.2, 0.25) is 0 Å². The van der Waals surface area contributed by atoms with E-state index >= 15 is 0 Å². The number of nitrogens with two attached hydrogens (primary N) is 2. The molecule has 144 valence electrons. The van der Waals surface area contributed by atoms with Crippen molar-refractivity contribution in [2.24, 2.45) is 11.5 Å². The minimum absolute atomic E-state index is 0.214. The average Bonchev–Trinajstić information content (AvgIpc) is 3.06. The second kappa shape index (κ2) is 9.34. The average molecular weight is 374 g/mol. The van der Waals surface area contributed by atoms with Gasteiger partial charge in [-0.25, -0.2) is 0 Å². The van der Waals surface area contributed by atoms with Gasteiger partial charge in [0.2, 0.25) is 23.6 Å². The first-order chi connectivity index (χ1) is 12.9. The van der Waals surface area contributed by atoms with Crippen LogP contribution in [0.5, 0.6) is 0 Å². The number of amides is 4. The number of aromatic nitrogens is 1. The van der Waals surface area contributed by atoms with Gasteiger partial charge in [0.05, 0.1) is 19.6 Å². The molecule has 10 heteroatoms. The number of carbonyl (C=O) groups excluding carboxylic acids is 4. The molecule has 0 bridgehead atoms. The highest BCUT2D eigenvalue weighted by molar-refractivity contribution is 5.91. The molecule has 1 heterocycles. The Bertz CT molecular complexity index is 847. The predicted octanol–water partition coefficient (Wildman–Crippen LogP) is -2.13. The van der Waals surface area contributed by atoms with Crippen LogP contribution in [0.3, 0.4) is 0 Å². The first-order valence-electron chi connectivity index (χ1n) is 8.28. The minimum atomic E-state index is -0.925. The topological polar surface area (TPSA) is 172 Å². The molecule has 1 atom stereocenters. The lowest BCUT2D eigenvalue weighted by Gasteiger charge is -2.15. The van der Waals surface area contributed by atoms with E-state index in [2.05, 4.69) is 20.9 Å². The van der Waals surface area contributed by atoms with Gasteiger partial charge in [-0.15, -0.1) is 0 Å². The Labute approximate surface area is 155 Å². The van der Waals surface area contributed by atoms with Crippen molar-refractivity contribution in [3.8, 4) is 0 Å². The molecule has 0 spiro atoms. The fourth-order valence-corrected chi connectivity index (χ4v) is 2.48. The molecule has 0 fully saturated rings. The maximum atomic E-state index is 12.0. The number of benzene rings is 1. The van der Waals surface area contributed by atoms with E-state index in [1.165, 1.54) is 0 Å². The van der Waals surface area contributed by atoms with Crippen molar-refractivity contribution in [3.05, 3.63) is 36.0 Å². The summed E-state index contributed by atoms with van der Waals surface area (Å²) in [7, 11) is 0. The van der Waals surface area contributed by atoms with E-state index in [0.717, 1.165) is 16.5 Å². The van der Waals surface area contributed by atoms with Gasteiger partial charge in [0.1, 0.15) is 6.04 Å². The number of fused-ring (bicyclic) bond motifs is 1. The van der Waals surface area contributed by atoms with Gasteiger partial charge < -0.3 is 32.4 Å². The van der Waals surface area contributed by atoms with E-state index in [1.54, 1.807) is 6.20 Å². The summed E-state index contributed by atoms with van der Waals surface area (Å²) in [6.45, 7) is -0.880. The molecule has 10 nitrogen and oxygen atoms in total. The zero-order chi connectivity index (χ0) is 19.8. The molecule has 0 aliphatic carbocycles. The normalized spacial score (nSPS) is 11.6. The summed E-state index contributed by atoms with van der Waals surface area (Å²) in [5, 5.41) is 8.04. The summed E-state index contributed by atoms with van der Waals surface area (Å²) in [6, 6.07) is 6.63. The van der Waals surface area contributed by atoms with Crippen molar-refractivity contribution < 1.29 is 19.2 Å². The lowest BCUT2D eigenvalue weighted by atomic mass is 10.0. The van der Waals surface area contributed by atoms with Gasteiger partial charge >= 0.3 is 0 Å². The SMILES string of the molecule is NCC(=O)NCC(=O)NCC(=O)NC(Cc1c[nH]c2ccccc12)C(N)=O. The molecule has 0 saturated carbocycles. The zero-order valence-electron chi connectivity index (χ0n) is 14.6. The second-order valence-electron chi connectivity index (χ2n) is 5.84. The molecular weight excluding hydrogens is 352 g/mol. The lowest BCUT2D eigenvalue weighted by Crippen LogP contribution is -2.50. The van der Waals surface area contributed by atoms with Crippen LogP contribution in [0, 0.1) is 0 Å². The maximum absolute atomic E-state index is 12.0. The Hall–Kier alpha value is -3.40. The Morgan fingerprint density at radius 1 is 1.00 bits per heavy atom. The first-order valence-corrected chi connectivity index (χ1v) is 8.28. The quantitative estimate of drug-likeness (QED) is 0.294. The number of hydrogen-bond donors (Lipinski definition) is 6. The van der Waals surface area contributed by atoms with Crippen LogP contribution in [-0.2, 0) is 25.6 Å². The van der Waals surface area contributed by atoms with Gasteiger partial charge in [-0.3, -0.25) is 19.2 Å². The van der Waals surface area contributed by atoms with E-state index in [0.29, 0.717) is 0 Å². The fraction of sp³-hybridized carbons (Fsp3) is 0.294. The molecule has 27 heavy (non-hydrogen) atoms. The van der Waals surface area contributed by atoms with Crippen LogP contribution in [0.4, 0.5) is 0 Å². The molecule has 8 N–H and O–H groups in total. The van der Waals surface area contributed by atoms with Crippen molar-refractivity contribution in [2.45, 2.75) is 12.5 Å². The van der Waals surface area contributed by atoms with Crippen molar-refractivity contribution in [1.82, 2.24) is 20.9 Å². The zero-order valence-corrected chi connectivity index (χ0v) is 14.6. The smallest absolute Gasteiger partial charge is 0.240 e. The molecule has 1 unspecified atom stereocenters.